The van der Waals surface area contributed by atoms with E-state index >= 15 is 0 Å². The monoisotopic (exact) mass is 280 g/mol. The largest absolute Gasteiger partial charge is 0.335 e. The zero-order valence-electron chi connectivity index (χ0n) is 11.1. The van der Waals surface area contributed by atoms with Gasteiger partial charge in [0.2, 0.25) is 0 Å². The standard InChI is InChI=1S/C12H16N6.ClH/c1-8-4-10(3)11(5-9(8)2)6-14-16-12-17-15-7-18(12)13;/h4-7H,13H2,1-3H3,(H,16,17);1H. The van der Waals surface area contributed by atoms with Crippen molar-refractivity contribution in [2.45, 2.75) is 20.8 Å². The average Bonchev–Trinajstić information content (AvgIpc) is 2.72. The first-order valence-corrected chi connectivity index (χ1v) is 5.60. The Balaban J connectivity index is 0.00000180. The van der Waals surface area contributed by atoms with E-state index in [2.05, 4.69) is 53.6 Å². The molecule has 7 heteroatoms. The van der Waals surface area contributed by atoms with Gasteiger partial charge in [0.1, 0.15) is 6.33 Å². The minimum absolute atomic E-state index is 0. The number of benzene rings is 1. The smallest absolute Gasteiger partial charge is 0.263 e. The van der Waals surface area contributed by atoms with Crippen LogP contribution in [0.2, 0.25) is 0 Å². The number of aryl methyl sites for hydroxylation is 3. The Kier molecular flexibility index (Phi) is 4.88. The van der Waals surface area contributed by atoms with E-state index in [9.17, 15) is 0 Å². The molecular formula is C12H17ClN6. The van der Waals surface area contributed by atoms with Crippen molar-refractivity contribution >= 4 is 24.6 Å². The number of nitrogens with one attached hydrogen (secondary N) is 1. The summed E-state index contributed by atoms with van der Waals surface area (Å²) < 4.78 is 1.27. The molecule has 3 N–H and O–H groups in total. The van der Waals surface area contributed by atoms with E-state index in [1.165, 1.54) is 27.7 Å². The first-order chi connectivity index (χ1) is 8.58. The maximum absolute atomic E-state index is 5.55. The molecule has 6 nitrogen and oxygen atoms in total. The third kappa shape index (κ3) is 3.45. The molecule has 0 amide bonds. The highest BCUT2D eigenvalue weighted by Gasteiger charge is 2.00. The van der Waals surface area contributed by atoms with Crippen LogP contribution in [0.3, 0.4) is 0 Å². The molecule has 1 aromatic carbocycles. The van der Waals surface area contributed by atoms with Crippen LogP contribution in [-0.2, 0) is 0 Å². The molecule has 2 aromatic rings. The van der Waals surface area contributed by atoms with E-state index in [-0.39, 0.29) is 12.4 Å². The number of aromatic nitrogens is 3. The molecule has 0 radical (unpaired) electrons. The van der Waals surface area contributed by atoms with E-state index in [0.717, 1.165) is 5.56 Å². The van der Waals surface area contributed by atoms with Crippen LogP contribution >= 0.6 is 12.4 Å². The fraction of sp³-hybridized carbons (Fsp3) is 0.250. The Hall–Kier alpha value is -2.08. The molecule has 0 spiro atoms. The van der Waals surface area contributed by atoms with Gasteiger partial charge >= 0.3 is 0 Å². The van der Waals surface area contributed by atoms with E-state index in [4.69, 9.17) is 5.84 Å². The topological polar surface area (TPSA) is 81.1 Å². The number of nitrogens with two attached hydrogens (primary N) is 1. The lowest BCUT2D eigenvalue weighted by atomic mass is 10.0. The van der Waals surface area contributed by atoms with Gasteiger partial charge in [0.25, 0.3) is 5.95 Å². The second-order valence-corrected chi connectivity index (χ2v) is 4.22. The number of nitrogens with zero attached hydrogens (tertiary/aromatic N) is 4. The average molecular weight is 281 g/mol. The molecule has 0 bridgehead atoms. The molecular weight excluding hydrogens is 264 g/mol. The second-order valence-electron chi connectivity index (χ2n) is 4.22. The lowest BCUT2D eigenvalue weighted by Gasteiger charge is -2.05. The molecule has 0 atom stereocenters. The van der Waals surface area contributed by atoms with Crippen LogP contribution in [-0.4, -0.2) is 21.1 Å². The minimum Gasteiger partial charge on any atom is -0.335 e. The Morgan fingerprint density at radius 1 is 1.21 bits per heavy atom. The number of halogens is 1. The Morgan fingerprint density at radius 2 is 1.89 bits per heavy atom. The van der Waals surface area contributed by atoms with Gasteiger partial charge in [0.05, 0.1) is 6.21 Å². The van der Waals surface area contributed by atoms with Crippen molar-refractivity contribution < 1.29 is 0 Å². The first-order valence-electron chi connectivity index (χ1n) is 5.60. The first kappa shape index (κ1) is 15.0. The molecule has 0 aliphatic rings. The van der Waals surface area contributed by atoms with Crippen LogP contribution in [0.5, 0.6) is 0 Å². The van der Waals surface area contributed by atoms with Crippen molar-refractivity contribution in [3.8, 4) is 0 Å². The summed E-state index contributed by atoms with van der Waals surface area (Å²) in [5.74, 6) is 5.95. The van der Waals surface area contributed by atoms with Gasteiger partial charge in [-0.1, -0.05) is 6.07 Å². The van der Waals surface area contributed by atoms with E-state index in [0.29, 0.717) is 5.95 Å². The zero-order valence-corrected chi connectivity index (χ0v) is 11.9. The summed E-state index contributed by atoms with van der Waals surface area (Å²) >= 11 is 0. The summed E-state index contributed by atoms with van der Waals surface area (Å²) in [6.45, 7) is 6.23. The number of hydrazone groups is 1. The maximum Gasteiger partial charge on any atom is 0.263 e. The van der Waals surface area contributed by atoms with Gasteiger partial charge in [0.15, 0.2) is 0 Å². The van der Waals surface area contributed by atoms with Gasteiger partial charge in [-0.2, -0.15) is 5.10 Å². The van der Waals surface area contributed by atoms with Crippen LogP contribution in [0.15, 0.2) is 23.6 Å². The summed E-state index contributed by atoms with van der Waals surface area (Å²) in [7, 11) is 0. The molecule has 102 valence electrons. The number of hydrogen-bond acceptors (Lipinski definition) is 5. The molecule has 0 aliphatic carbocycles. The van der Waals surface area contributed by atoms with Gasteiger partial charge in [-0.25, -0.2) is 10.1 Å². The molecule has 1 aromatic heterocycles. The fourth-order valence-corrected chi connectivity index (χ4v) is 1.60. The third-order valence-corrected chi connectivity index (χ3v) is 2.82. The molecule has 0 unspecified atom stereocenters. The Morgan fingerprint density at radius 3 is 2.53 bits per heavy atom. The Bertz CT molecular complexity index is 590. The normalized spacial score (nSPS) is 10.5. The van der Waals surface area contributed by atoms with E-state index < -0.39 is 0 Å². The summed E-state index contributed by atoms with van der Waals surface area (Å²) in [5, 5.41) is 11.5. The minimum atomic E-state index is 0. The van der Waals surface area contributed by atoms with Gasteiger partial charge in [-0.15, -0.1) is 22.6 Å². The van der Waals surface area contributed by atoms with Crippen LogP contribution in [0.4, 0.5) is 5.95 Å². The van der Waals surface area contributed by atoms with Crippen molar-refractivity contribution in [1.29, 1.82) is 0 Å². The summed E-state index contributed by atoms with van der Waals surface area (Å²) in [6.07, 6.45) is 3.15. The second kappa shape index (κ2) is 6.19. The van der Waals surface area contributed by atoms with Crippen molar-refractivity contribution in [2.75, 3.05) is 11.3 Å². The van der Waals surface area contributed by atoms with Crippen LogP contribution < -0.4 is 11.3 Å². The molecule has 2 rings (SSSR count). The lowest BCUT2D eigenvalue weighted by molar-refractivity contribution is 0.988. The van der Waals surface area contributed by atoms with Gasteiger partial charge in [0, 0.05) is 0 Å². The highest BCUT2D eigenvalue weighted by atomic mass is 35.5. The van der Waals surface area contributed by atoms with Crippen molar-refractivity contribution in [1.82, 2.24) is 14.9 Å². The number of hydrogen-bond donors (Lipinski definition) is 2. The SMILES string of the molecule is Cc1cc(C)c(C=NNc2nncn2N)cc1C.Cl. The van der Waals surface area contributed by atoms with Crippen LogP contribution in [0, 0.1) is 20.8 Å². The predicted octanol–water partition coefficient (Wildman–Crippen LogP) is 1.78. The molecule has 0 saturated carbocycles. The number of anilines is 1. The van der Waals surface area contributed by atoms with Crippen molar-refractivity contribution in [3.05, 3.63) is 40.7 Å². The van der Waals surface area contributed by atoms with Crippen LogP contribution in [0.25, 0.3) is 0 Å². The zero-order chi connectivity index (χ0) is 13.1. The van der Waals surface area contributed by atoms with Gasteiger partial charge < -0.3 is 5.84 Å². The maximum atomic E-state index is 5.55. The molecule has 19 heavy (non-hydrogen) atoms. The van der Waals surface area contributed by atoms with Crippen LogP contribution in [0.1, 0.15) is 22.3 Å². The highest BCUT2D eigenvalue weighted by molar-refractivity contribution is 5.85. The highest BCUT2D eigenvalue weighted by Crippen LogP contribution is 2.13. The van der Waals surface area contributed by atoms with Crippen molar-refractivity contribution in [3.63, 3.8) is 0 Å². The number of nitrogen functional groups attached to an aromatic ring is 1. The quantitative estimate of drug-likeness (QED) is 0.510. The summed E-state index contributed by atoms with van der Waals surface area (Å²) in [4.78, 5) is 0. The lowest BCUT2D eigenvalue weighted by Crippen LogP contribution is -2.10. The summed E-state index contributed by atoms with van der Waals surface area (Å²) in [6, 6.07) is 4.24. The molecule has 0 saturated heterocycles. The predicted molar refractivity (Wildman–Crippen MR) is 79.3 cm³/mol. The van der Waals surface area contributed by atoms with E-state index in [1.54, 1.807) is 6.21 Å². The molecule has 0 aliphatic heterocycles. The molecule has 1 heterocycles. The summed E-state index contributed by atoms with van der Waals surface area (Å²) in [5.41, 5.74) is 7.50. The Labute approximate surface area is 118 Å². The van der Waals surface area contributed by atoms with Gasteiger partial charge in [-0.05, 0) is 49.1 Å². The van der Waals surface area contributed by atoms with Crippen molar-refractivity contribution in [2.24, 2.45) is 5.10 Å². The molecule has 0 fully saturated rings. The fourth-order valence-electron chi connectivity index (χ4n) is 1.60. The van der Waals surface area contributed by atoms with E-state index in [1.807, 2.05) is 0 Å². The third-order valence-electron chi connectivity index (χ3n) is 2.82. The number of rotatable bonds is 3. The van der Waals surface area contributed by atoms with Gasteiger partial charge in [-0.3, -0.25) is 0 Å².